The van der Waals surface area contributed by atoms with Crippen LogP contribution in [0.15, 0.2) is 78.9 Å². The number of nitrogens with zero attached hydrogens (tertiary/aromatic N) is 2. The molecule has 1 heterocycles. The van der Waals surface area contributed by atoms with Crippen molar-refractivity contribution in [2.75, 3.05) is 36.4 Å². The summed E-state index contributed by atoms with van der Waals surface area (Å²) in [5, 5.41) is 2.91. The minimum absolute atomic E-state index is 0.107. The summed E-state index contributed by atoms with van der Waals surface area (Å²) < 4.78 is 19.8. The lowest BCUT2D eigenvalue weighted by Gasteiger charge is -2.36. The molecular weight excluding hydrogens is 433 g/mol. The van der Waals surface area contributed by atoms with Gasteiger partial charge < -0.3 is 19.9 Å². The SMILES string of the molecule is CC(C)(Oc1ccccc1)C(=O)Nc1ccc(N2CCN(C(=O)c3ccccc3F)CC2)cc1. The molecule has 1 saturated heterocycles. The molecule has 0 aliphatic carbocycles. The molecule has 0 atom stereocenters. The fourth-order valence-corrected chi connectivity index (χ4v) is 3.84. The maximum absolute atomic E-state index is 14.0. The van der Waals surface area contributed by atoms with Gasteiger partial charge in [0, 0.05) is 37.6 Å². The highest BCUT2D eigenvalue weighted by molar-refractivity contribution is 5.97. The van der Waals surface area contributed by atoms with E-state index in [1.165, 1.54) is 12.1 Å². The standard InChI is InChI=1S/C27H28FN3O3/c1-27(2,34-22-8-4-3-5-9-22)26(33)29-20-12-14-21(15-13-20)30-16-18-31(19-17-30)25(32)23-10-6-7-11-24(23)28/h3-15H,16-19H2,1-2H3,(H,29,33). The maximum Gasteiger partial charge on any atom is 0.267 e. The third-order valence-corrected chi connectivity index (χ3v) is 5.82. The Labute approximate surface area is 198 Å². The predicted molar refractivity (Wildman–Crippen MR) is 131 cm³/mol. The van der Waals surface area contributed by atoms with Crippen LogP contribution < -0.4 is 15.0 Å². The summed E-state index contributed by atoms with van der Waals surface area (Å²) >= 11 is 0. The van der Waals surface area contributed by atoms with E-state index in [0.29, 0.717) is 37.6 Å². The van der Waals surface area contributed by atoms with Gasteiger partial charge in [0.1, 0.15) is 11.6 Å². The first-order chi connectivity index (χ1) is 16.3. The van der Waals surface area contributed by atoms with Gasteiger partial charge in [-0.1, -0.05) is 30.3 Å². The molecule has 0 saturated carbocycles. The van der Waals surface area contributed by atoms with Gasteiger partial charge >= 0.3 is 0 Å². The van der Waals surface area contributed by atoms with Crippen LogP contribution in [0.5, 0.6) is 5.75 Å². The molecule has 7 heteroatoms. The average molecular weight is 462 g/mol. The summed E-state index contributed by atoms with van der Waals surface area (Å²) in [7, 11) is 0. The van der Waals surface area contributed by atoms with Gasteiger partial charge in [0.2, 0.25) is 0 Å². The summed E-state index contributed by atoms with van der Waals surface area (Å²) in [6, 6.07) is 22.9. The molecule has 2 amide bonds. The molecule has 6 nitrogen and oxygen atoms in total. The summed E-state index contributed by atoms with van der Waals surface area (Å²) in [6.07, 6.45) is 0. The van der Waals surface area contributed by atoms with Crippen molar-refractivity contribution in [2.24, 2.45) is 0 Å². The van der Waals surface area contributed by atoms with Crippen LogP contribution in [0.4, 0.5) is 15.8 Å². The number of carbonyl (C=O) groups excluding carboxylic acids is 2. The van der Waals surface area contributed by atoms with E-state index in [9.17, 15) is 14.0 Å². The van der Waals surface area contributed by atoms with Crippen LogP contribution >= 0.6 is 0 Å². The third kappa shape index (κ3) is 5.36. The van der Waals surface area contributed by atoms with Crippen molar-refractivity contribution in [1.82, 2.24) is 4.90 Å². The molecule has 4 rings (SSSR count). The Morgan fingerprint density at radius 3 is 2.12 bits per heavy atom. The number of hydrogen-bond donors (Lipinski definition) is 1. The van der Waals surface area contributed by atoms with Crippen LogP contribution in [-0.2, 0) is 4.79 Å². The molecule has 1 aliphatic heterocycles. The van der Waals surface area contributed by atoms with Crippen molar-refractivity contribution in [2.45, 2.75) is 19.4 Å². The van der Waals surface area contributed by atoms with E-state index in [-0.39, 0.29) is 17.4 Å². The minimum Gasteiger partial charge on any atom is -0.478 e. The number of ether oxygens (including phenoxy) is 1. The average Bonchev–Trinajstić information content (AvgIpc) is 2.85. The molecule has 0 radical (unpaired) electrons. The molecule has 176 valence electrons. The number of anilines is 2. The third-order valence-electron chi connectivity index (χ3n) is 5.82. The molecule has 3 aromatic rings. The highest BCUT2D eigenvalue weighted by atomic mass is 19.1. The van der Waals surface area contributed by atoms with Gasteiger partial charge in [0.15, 0.2) is 5.60 Å². The van der Waals surface area contributed by atoms with Crippen LogP contribution in [0.25, 0.3) is 0 Å². The Hall–Kier alpha value is -3.87. The number of rotatable bonds is 6. The first-order valence-corrected chi connectivity index (χ1v) is 11.3. The fourth-order valence-electron chi connectivity index (χ4n) is 3.84. The van der Waals surface area contributed by atoms with Gasteiger partial charge in [-0.2, -0.15) is 0 Å². The number of benzene rings is 3. The van der Waals surface area contributed by atoms with Gasteiger partial charge in [0.05, 0.1) is 5.56 Å². The second-order valence-corrected chi connectivity index (χ2v) is 8.69. The molecule has 0 bridgehead atoms. The number of para-hydroxylation sites is 1. The summed E-state index contributed by atoms with van der Waals surface area (Å²) in [6.45, 7) is 5.76. The lowest BCUT2D eigenvalue weighted by atomic mass is 10.1. The Kier molecular flexibility index (Phi) is 6.82. The second-order valence-electron chi connectivity index (χ2n) is 8.69. The number of carbonyl (C=O) groups is 2. The largest absolute Gasteiger partial charge is 0.478 e. The number of nitrogens with one attached hydrogen (secondary N) is 1. The summed E-state index contributed by atoms with van der Waals surface area (Å²) in [5.41, 5.74) is 0.735. The van der Waals surface area contributed by atoms with E-state index in [0.717, 1.165) is 5.69 Å². The molecule has 0 spiro atoms. The molecule has 0 unspecified atom stereocenters. The highest BCUT2D eigenvalue weighted by Gasteiger charge is 2.30. The summed E-state index contributed by atoms with van der Waals surface area (Å²) in [5.74, 6) is -0.393. The normalized spacial score (nSPS) is 14.0. The first kappa shape index (κ1) is 23.3. The Morgan fingerprint density at radius 1 is 0.853 bits per heavy atom. The maximum atomic E-state index is 14.0. The quantitative estimate of drug-likeness (QED) is 0.584. The Morgan fingerprint density at radius 2 is 1.47 bits per heavy atom. The second kappa shape index (κ2) is 9.95. The number of piperazine rings is 1. The van der Waals surface area contributed by atoms with Crippen LogP contribution in [0.3, 0.4) is 0 Å². The van der Waals surface area contributed by atoms with E-state index in [1.54, 1.807) is 30.9 Å². The molecule has 0 aromatic heterocycles. The van der Waals surface area contributed by atoms with Gasteiger partial charge in [-0.3, -0.25) is 9.59 Å². The molecular formula is C27H28FN3O3. The lowest BCUT2D eigenvalue weighted by molar-refractivity contribution is -0.128. The van der Waals surface area contributed by atoms with Crippen LogP contribution in [-0.4, -0.2) is 48.5 Å². The Bertz CT molecular complexity index is 1140. The molecule has 1 aliphatic rings. The van der Waals surface area contributed by atoms with Crippen LogP contribution in [0, 0.1) is 5.82 Å². The van der Waals surface area contributed by atoms with Crippen molar-refractivity contribution in [1.29, 1.82) is 0 Å². The van der Waals surface area contributed by atoms with Gasteiger partial charge in [-0.25, -0.2) is 4.39 Å². The number of hydrogen-bond acceptors (Lipinski definition) is 4. The van der Waals surface area contributed by atoms with E-state index < -0.39 is 11.4 Å². The van der Waals surface area contributed by atoms with Crippen molar-refractivity contribution in [3.8, 4) is 5.75 Å². The number of halogens is 1. The minimum atomic E-state index is -1.04. The monoisotopic (exact) mass is 461 g/mol. The molecule has 34 heavy (non-hydrogen) atoms. The van der Waals surface area contributed by atoms with Gasteiger partial charge in [-0.15, -0.1) is 0 Å². The van der Waals surface area contributed by atoms with Gasteiger partial charge in [0.25, 0.3) is 11.8 Å². The van der Waals surface area contributed by atoms with E-state index in [2.05, 4.69) is 10.2 Å². The zero-order valence-electron chi connectivity index (χ0n) is 19.3. The van der Waals surface area contributed by atoms with Crippen molar-refractivity contribution < 1.29 is 18.7 Å². The van der Waals surface area contributed by atoms with Crippen molar-refractivity contribution >= 4 is 23.2 Å². The van der Waals surface area contributed by atoms with E-state index in [1.807, 2.05) is 54.6 Å². The van der Waals surface area contributed by atoms with Crippen LogP contribution in [0.2, 0.25) is 0 Å². The zero-order chi connectivity index (χ0) is 24.1. The van der Waals surface area contributed by atoms with Gasteiger partial charge in [-0.05, 0) is 62.4 Å². The fraction of sp³-hybridized carbons (Fsp3) is 0.259. The highest BCUT2D eigenvalue weighted by Crippen LogP contribution is 2.23. The van der Waals surface area contributed by atoms with E-state index >= 15 is 0 Å². The number of amides is 2. The molecule has 3 aromatic carbocycles. The predicted octanol–water partition coefficient (Wildman–Crippen LogP) is 4.58. The van der Waals surface area contributed by atoms with Crippen molar-refractivity contribution in [3.05, 3.63) is 90.2 Å². The topological polar surface area (TPSA) is 61.9 Å². The first-order valence-electron chi connectivity index (χ1n) is 11.3. The zero-order valence-corrected chi connectivity index (χ0v) is 19.3. The van der Waals surface area contributed by atoms with E-state index in [4.69, 9.17) is 4.74 Å². The molecule has 1 N–H and O–H groups in total. The van der Waals surface area contributed by atoms with Crippen molar-refractivity contribution in [3.63, 3.8) is 0 Å². The molecule has 1 fully saturated rings. The lowest BCUT2D eigenvalue weighted by Crippen LogP contribution is -2.49. The summed E-state index contributed by atoms with van der Waals surface area (Å²) in [4.78, 5) is 29.2. The smallest absolute Gasteiger partial charge is 0.267 e. The Balaban J connectivity index is 1.32. The van der Waals surface area contributed by atoms with Crippen LogP contribution in [0.1, 0.15) is 24.2 Å².